The van der Waals surface area contributed by atoms with Gasteiger partial charge in [-0.1, -0.05) is 82.1 Å². The van der Waals surface area contributed by atoms with Crippen molar-refractivity contribution in [3.63, 3.8) is 0 Å². The number of benzene rings is 3. The van der Waals surface area contributed by atoms with Crippen molar-refractivity contribution in [3.05, 3.63) is 99.0 Å². The summed E-state index contributed by atoms with van der Waals surface area (Å²) >= 11 is 11.3. The Morgan fingerprint density at radius 3 is 2.26 bits per heavy atom. The fraction of sp³-hybridized carbons (Fsp3) is 0.429. The molecule has 0 aliphatic carbocycles. The van der Waals surface area contributed by atoms with Crippen molar-refractivity contribution in [1.29, 1.82) is 0 Å². The average molecular weight is 683 g/mol. The number of hydrogen-bond acceptors (Lipinski definition) is 6. The van der Waals surface area contributed by atoms with Crippen LogP contribution in [0.4, 0.5) is 8.78 Å². The Morgan fingerprint density at radius 1 is 1.07 bits per heavy atom. The van der Waals surface area contributed by atoms with E-state index in [1.807, 2.05) is 26.0 Å². The Hall–Kier alpha value is -3.24. The highest BCUT2D eigenvalue weighted by Crippen LogP contribution is 2.38. The van der Waals surface area contributed by atoms with Crippen LogP contribution in [-0.2, 0) is 16.1 Å². The van der Waals surface area contributed by atoms with Crippen LogP contribution >= 0.6 is 23.2 Å². The van der Waals surface area contributed by atoms with Crippen LogP contribution in [0.3, 0.4) is 0 Å². The molecule has 46 heavy (non-hydrogen) atoms. The van der Waals surface area contributed by atoms with E-state index in [4.69, 9.17) is 33.7 Å². The highest BCUT2D eigenvalue weighted by atomic mass is 35.5. The van der Waals surface area contributed by atoms with Crippen LogP contribution in [0.2, 0.25) is 10.0 Å². The molecule has 3 atom stereocenters. The van der Waals surface area contributed by atoms with Gasteiger partial charge in [-0.2, -0.15) is 0 Å². The largest absolute Gasteiger partial charge is 0.496 e. The van der Waals surface area contributed by atoms with Crippen LogP contribution in [0.1, 0.15) is 68.4 Å². The summed E-state index contributed by atoms with van der Waals surface area (Å²) in [7, 11) is 2.78. The lowest BCUT2D eigenvalue weighted by atomic mass is 9.79. The summed E-state index contributed by atoms with van der Waals surface area (Å²) in [5.41, 5.74) is 8.09. The van der Waals surface area contributed by atoms with Crippen LogP contribution in [0.25, 0.3) is 0 Å². The predicted molar refractivity (Wildman–Crippen MR) is 183 cm³/mol. The average Bonchev–Trinajstić information content (AvgIpc) is 3.42. The van der Waals surface area contributed by atoms with E-state index in [9.17, 15) is 18.4 Å². The number of rotatable bonds is 8. The van der Waals surface area contributed by atoms with Gasteiger partial charge in [0.25, 0.3) is 0 Å². The number of methoxy groups -OCH3 is 2. The quantitative estimate of drug-likeness (QED) is 0.166. The topological polar surface area (TPSA) is 103 Å². The third kappa shape index (κ3) is 13.2. The minimum absolute atomic E-state index is 0.103. The molecule has 4 N–H and O–H groups in total. The fourth-order valence-electron chi connectivity index (χ4n) is 4.96. The molecule has 3 aromatic carbocycles. The maximum atomic E-state index is 14.2. The van der Waals surface area contributed by atoms with Gasteiger partial charge in [0, 0.05) is 30.1 Å². The Labute approximate surface area is 282 Å². The lowest BCUT2D eigenvalue weighted by molar-refractivity contribution is -0.109. The first-order chi connectivity index (χ1) is 21.8. The lowest BCUT2D eigenvalue weighted by Gasteiger charge is -2.29. The Bertz CT molecular complexity index is 1350. The van der Waals surface area contributed by atoms with Crippen molar-refractivity contribution in [2.24, 2.45) is 17.1 Å². The molecular weight excluding hydrogens is 635 g/mol. The van der Waals surface area contributed by atoms with Gasteiger partial charge in [-0.05, 0) is 71.8 Å². The molecule has 1 fully saturated rings. The number of nitrogens with two attached hydrogens (primary N) is 1. The first kappa shape index (κ1) is 40.8. The monoisotopic (exact) mass is 681 g/mol. The molecule has 0 spiro atoms. The van der Waals surface area contributed by atoms with E-state index in [2.05, 4.69) is 36.1 Å². The zero-order valence-electron chi connectivity index (χ0n) is 27.6. The first-order valence-electron chi connectivity index (χ1n) is 15.1. The molecule has 0 radical (unpaired) electrons. The second-order valence-corrected chi connectivity index (χ2v) is 12.2. The zero-order valence-corrected chi connectivity index (χ0v) is 29.1. The molecule has 1 aliphatic heterocycles. The third-order valence-electron chi connectivity index (χ3n) is 6.97. The Kier molecular flexibility index (Phi) is 18.4. The molecule has 254 valence electrons. The standard InChI is InChI=1S/C16H24ClFN2.C11H13NO4.C6H4ClF.C2H6/c1-16(2,3)7-14-11(8-19)12(9-20-14)10-5-4-6-13(17)15(10)18;1-15-10-5-8(6-12-7-13)3-4-9(10)11(14)16-2;7-5-2-1-3-6(8)4-5;1-2/h4-6,11-12,14,20H,7-9,19H2,1-3H3;3-5,7H,6H2,1-2H3,(H,12,13);1-4H;1-2H3. The van der Waals surface area contributed by atoms with Crippen molar-refractivity contribution in [3.8, 4) is 5.75 Å². The molecular formula is C35H47Cl2F2N3O4. The first-order valence-corrected chi connectivity index (χ1v) is 15.8. The number of nitrogens with one attached hydrogen (secondary N) is 2. The molecule has 0 saturated carbocycles. The van der Waals surface area contributed by atoms with Crippen molar-refractivity contribution >= 4 is 35.6 Å². The molecule has 1 heterocycles. The van der Waals surface area contributed by atoms with Crippen molar-refractivity contribution in [2.45, 2.75) is 59.5 Å². The summed E-state index contributed by atoms with van der Waals surface area (Å²) in [4.78, 5) is 21.5. The van der Waals surface area contributed by atoms with Crippen LogP contribution < -0.4 is 21.1 Å². The molecule has 3 aromatic rings. The van der Waals surface area contributed by atoms with Crippen LogP contribution in [-0.4, -0.2) is 45.7 Å². The van der Waals surface area contributed by atoms with Crippen molar-refractivity contribution in [1.82, 2.24) is 10.6 Å². The van der Waals surface area contributed by atoms with Gasteiger partial charge >= 0.3 is 5.97 Å². The molecule has 1 aliphatic rings. The number of carbonyl (C=O) groups excluding carboxylic acids is 2. The van der Waals surface area contributed by atoms with Gasteiger partial charge in [0.05, 0.1) is 19.2 Å². The number of amides is 1. The number of hydrogen-bond donors (Lipinski definition) is 3. The maximum absolute atomic E-state index is 14.2. The molecule has 1 amide bonds. The number of ether oxygens (including phenoxy) is 2. The van der Waals surface area contributed by atoms with Crippen molar-refractivity contribution in [2.75, 3.05) is 27.3 Å². The number of esters is 1. The smallest absolute Gasteiger partial charge is 0.341 e. The van der Waals surface area contributed by atoms with Gasteiger partial charge in [0.1, 0.15) is 22.9 Å². The van der Waals surface area contributed by atoms with Crippen LogP contribution in [0.15, 0.2) is 60.7 Å². The number of halogens is 4. The van der Waals surface area contributed by atoms with Gasteiger partial charge in [-0.3, -0.25) is 4.79 Å². The van der Waals surface area contributed by atoms with Crippen molar-refractivity contribution < 1.29 is 27.8 Å². The molecule has 0 aromatic heterocycles. The fourth-order valence-corrected chi connectivity index (χ4v) is 5.32. The van der Waals surface area contributed by atoms with Crippen LogP contribution in [0, 0.1) is 23.0 Å². The zero-order chi connectivity index (χ0) is 34.9. The minimum Gasteiger partial charge on any atom is -0.496 e. The SMILES string of the molecule is CC.CC(C)(C)CC1NCC(c2cccc(Cl)c2F)C1CN.COC(=O)c1ccc(CNC=O)cc1OC.Fc1cccc(Cl)c1. The van der Waals surface area contributed by atoms with Gasteiger partial charge in [0.15, 0.2) is 0 Å². The molecule has 1 saturated heterocycles. The molecule has 3 unspecified atom stereocenters. The molecule has 11 heteroatoms. The summed E-state index contributed by atoms with van der Waals surface area (Å²) in [5.74, 6) is -0.259. The van der Waals surface area contributed by atoms with Crippen LogP contribution in [0.5, 0.6) is 5.75 Å². The molecule has 7 nitrogen and oxygen atoms in total. The van der Waals surface area contributed by atoms with Gasteiger partial charge < -0.3 is 25.8 Å². The maximum Gasteiger partial charge on any atom is 0.341 e. The lowest BCUT2D eigenvalue weighted by Crippen LogP contribution is -2.35. The number of carbonyl (C=O) groups is 2. The van der Waals surface area contributed by atoms with E-state index in [1.54, 1.807) is 36.4 Å². The summed E-state index contributed by atoms with van der Waals surface area (Å²) in [6.45, 7) is 12.4. The summed E-state index contributed by atoms with van der Waals surface area (Å²) in [6.07, 6.45) is 1.65. The normalized spacial score (nSPS) is 16.7. The van der Waals surface area contributed by atoms with E-state index in [0.29, 0.717) is 47.4 Å². The third-order valence-corrected chi connectivity index (χ3v) is 7.49. The van der Waals surface area contributed by atoms with E-state index in [0.717, 1.165) is 18.5 Å². The Balaban J connectivity index is 0.000000362. The van der Waals surface area contributed by atoms with Gasteiger partial charge in [-0.25, -0.2) is 13.6 Å². The summed E-state index contributed by atoms with van der Waals surface area (Å²) in [5, 5.41) is 6.67. The van der Waals surface area contributed by atoms with E-state index >= 15 is 0 Å². The highest BCUT2D eigenvalue weighted by Gasteiger charge is 2.38. The second-order valence-electron chi connectivity index (χ2n) is 11.4. The van der Waals surface area contributed by atoms with E-state index in [-0.39, 0.29) is 33.9 Å². The second kappa shape index (κ2) is 20.8. The summed E-state index contributed by atoms with van der Waals surface area (Å²) in [6, 6.07) is 16.4. The Morgan fingerprint density at radius 2 is 1.74 bits per heavy atom. The highest BCUT2D eigenvalue weighted by molar-refractivity contribution is 6.31. The predicted octanol–water partition coefficient (Wildman–Crippen LogP) is 7.78. The van der Waals surface area contributed by atoms with Gasteiger partial charge in [-0.15, -0.1) is 0 Å². The minimum atomic E-state index is -0.452. The van der Waals surface area contributed by atoms with Gasteiger partial charge in [0.2, 0.25) is 6.41 Å². The van der Waals surface area contributed by atoms with E-state index < -0.39 is 5.97 Å². The summed E-state index contributed by atoms with van der Waals surface area (Å²) < 4.78 is 36.0. The molecule has 0 bridgehead atoms. The molecule has 4 rings (SSSR count). The van der Waals surface area contributed by atoms with E-state index in [1.165, 1.54) is 26.4 Å².